The van der Waals surface area contributed by atoms with E-state index >= 15 is 0 Å². The van der Waals surface area contributed by atoms with E-state index in [-0.39, 0.29) is 4.92 Å². The van der Waals surface area contributed by atoms with Crippen LogP contribution in [0, 0.1) is 16.5 Å². The number of nitrogens with one attached hydrogen (secondary N) is 1. The minimum atomic E-state index is -0.459. The van der Waals surface area contributed by atoms with Crippen LogP contribution in [0.1, 0.15) is 6.42 Å². The summed E-state index contributed by atoms with van der Waals surface area (Å²) in [5.74, 6) is 0. The smallest absolute Gasteiger partial charge is 0.228 e. The average molecular weight is 129 g/mol. The third-order valence-corrected chi connectivity index (χ3v) is 1.38. The number of piperidine rings is 1. The summed E-state index contributed by atoms with van der Waals surface area (Å²) < 4.78 is 0. The Morgan fingerprint density at radius 2 is 2.56 bits per heavy atom. The summed E-state index contributed by atoms with van der Waals surface area (Å²) >= 11 is 0. The fourth-order valence-electron chi connectivity index (χ4n) is 0.872. The molecule has 1 saturated heterocycles. The van der Waals surface area contributed by atoms with Crippen LogP contribution in [-0.4, -0.2) is 24.1 Å². The van der Waals surface area contributed by atoms with E-state index in [1.165, 1.54) is 0 Å². The van der Waals surface area contributed by atoms with Crippen molar-refractivity contribution in [2.24, 2.45) is 0 Å². The van der Waals surface area contributed by atoms with Crippen LogP contribution in [-0.2, 0) is 0 Å². The van der Waals surface area contributed by atoms with E-state index in [1.807, 2.05) is 0 Å². The Balaban J connectivity index is 2.31. The molecule has 1 aliphatic heterocycles. The van der Waals surface area contributed by atoms with Gasteiger partial charge in [-0.2, -0.15) is 0 Å². The van der Waals surface area contributed by atoms with Crippen LogP contribution in [0.4, 0.5) is 0 Å². The van der Waals surface area contributed by atoms with Gasteiger partial charge in [-0.25, -0.2) is 0 Å². The zero-order chi connectivity index (χ0) is 6.69. The van der Waals surface area contributed by atoms with Crippen molar-refractivity contribution in [1.82, 2.24) is 5.32 Å². The molecule has 1 aliphatic rings. The first-order chi connectivity index (χ1) is 4.30. The second-order valence-corrected chi connectivity index (χ2v) is 2.08. The van der Waals surface area contributed by atoms with Crippen LogP contribution in [0.5, 0.6) is 0 Å². The van der Waals surface area contributed by atoms with Gasteiger partial charge in [-0.3, -0.25) is 10.1 Å². The molecule has 0 spiro atoms. The van der Waals surface area contributed by atoms with E-state index in [9.17, 15) is 10.1 Å². The summed E-state index contributed by atoms with van der Waals surface area (Å²) in [4.78, 5) is 9.83. The summed E-state index contributed by atoms with van der Waals surface area (Å²) in [5, 5.41) is 13.0. The van der Waals surface area contributed by atoms with Gasteiger partial charge in [0.15, 0.2) is 0 Å². The molecule has 0 saturated carbocycles. The molecule has 0 amide bonds. The molecule has 1 atom stereocenters. The molecule has 1 fully saturated rings. The summed E-state index contributed by atoms with van der Waals surface area (Å²) in [6.07, 6.45) is 2.56. The Hall–Kier alpha value is -0.640. The van der Waals surface area contributed by atoms with Crippen LogP contribution >= 0.6 is 0 Å². The highest BCUT2D eigenvalue weighted by Gasteiger charge is 2.22. The molecular formula is C5H9N2O2. The maximum atomic E-state index is 10.1. The SMILES string of the molecule is O=[N+]([O-])C1[CH]CCNC1. The molecule has 51 valence electrons. The average Bonchev–Trinajstić information content (AvgIpc) is 1.90. The van der Waals surface area contributed by atoms with Crippen LogP contribution in [0.2, 0.25) is 0 Å². The second-order valence-electron chi connectivity index (χ2n) is 2.08. The van der Waals surface area contributed by atoms with Crippen molar-refractivity contribution in [1.29, 1.82) is 0 Å². The van der Waals surface area contributed by atoms with E-state index < -0.39 is 6.04 Å². The normalized spacial score (nSPS) is 27.8. The molecule has 0 aliphatic carbocycles. The second kappa shape index (κ2) is 2.77. The van der Waals surface area contributed by atoms with Crippen molar-refractivity contribution in [2.45, 2.75) is 12.5 Å². The van der Waals surface area contributed by atoms with Gasteiger partial charge in [0.2, 0.25) is 6.04 Å². The third-order valence-electron chi connectivity index (χ3n) is 1.38. The van der Waals surface area contributed by atoms with Crippen molar-refractivity contribution in [3.8, 4) is 0 Å². The molecule has 0 bridgehead atoms. The Morgan fingerprint density at radius 3 is 2.89 bits per heavy atom. The highest BCUT2D eigenvalue weighted by atomic mass is 16.6. The van der Waals surface area contributed by atoms with E-state index in [2.05, 4.69) is 5.32 Å². The van der Waals surface area contributed by atoms with Gasteiger partial charge >= 0.3 is 0 Å². The van der Waals surface area contributed by atoms with Crippen LogP contribution in [0.15, 0.2) is 0 Å². The van der Waals surface area contributed by atoms with E-state index in [0.717, 1.165) is 13.0 Å². The number of nitrogens with zero attached hydrogens (tertiary/aromatic N) is 1. The quantitative estimate of drug-likeness (QED) is 0.395. The largest absolute Gasteiger partial charge is 0.310 e. The molecule has 0 aromatic heterocycles. The van der Waals surface area contributed by atoms with Gasteiger partial charge in [0, 0.05) is 11.3 Å². The van der Waals surface area contributed by atoms with Gasteiger partial charge in [0.1, 0.15) is 0 Å². The van der Waals surface area contributed by atoms with Crippen molar-refractivity contribution in [2.75, 3.05) is 13.1 Å². The predicted molar refractivity (Wildman–Crippen MR) is 32.6 cm³/mol. The topological polar surface area (TPSA) is 55.2 Å². The Kier molecular flexibility index (Phi) is 2.00. The molecule has 9 heavy (non-hydrogen) atoms. The van der Waals surface area contributed by atoms with Gasteiger partial charge < -0.3 is 5.32 Å². The minimum Gasteiger partial charge on any atom is -0.310 e. The molecule has 1 rings (SSSR count). The molecule has 1 radical (unpaired) electrons. The van der Waals surface area contributed by atoms with Crippen LogP contribution in [0.25, 0.3) is 0 Å². The lowest BCUT2D eigenvalue weighted by Crippen LogP contribution is -2.38. The summed E-state index contributed by atoms with van der Waals surface area (Å²) in [6.45, 7) is 1.37. The molecule has 1 heterocycles. The number of hydrogen-bond acceptors (Lipinski definition) is 3. The molecule has 1 unspecified atom stereocenters. The van der Waals surface area contributed by atoms with Gasteiger partial charge in [0.05, 0.1) is 6.54 Å². The lowest BCUT2D eigenvalue weighted by Gasteiger charge is -2.14. The highest BCUT2D eigenvalue weighted by Crippen LogP contribution is 2.02. The highest BCUT2D eigenvalue weighted by molar-refractivity contribution is 4.83. The van der Waals surface area contributed by atoms with Crippen molar-refractivity contribution >= 4 is 0 Å². The summed E-state index contributed by atoms with van der Waals surface area (Å²) in [6, 6.07) is -0.459. The Bertz CT molecular complexity index is 110. The maximum absolute atomic E-state index is 10.1. The fourth-order valence-corrected chi connectivity index (χ4v) is 0.872. The van der Waals surface area contributed by atoms with Gasteiger partial charge in [-0.1, -0.05) is 0 Å². The monoisotopic (exact) mass is 129 g/mol. The molecule has 4 nitrogen and oxygen atoms in total. The van der Waals surface area contributed by atoms with Crippen molar-refractivity contribution in [3.05, 3.63) is 16.5 Å². The Labute approximate surface area is 53.4 Å². The first-order valence-corrected chi connectivity index (χ1v) is 2.98. The van der Waals surface area contributed by atoms with E-state index in [0.29, 0.717) is 6.54 Å². The van der Waals surface area contributed by atoms with Crippen molar-refractivity contribution in [3.63, 3.8) is 0 Å². The number of hydrogen-bond donors (Lipinski definition) is 1. The molecule has 0 aromatic rings. The molecular weight excluding hydrogens is 120 g/mol. The van der Waals surface area contributed by atoms with Crippen LogP contribution < -0.4 is 5.32 Å². The first-order valence-electron chi connectivity index (χ1n) is 2.98. The number of rotatable bonds is 1. The third kappa shape index (κ3) is 1.64. The Morgan fingerprint density at radius 1 is 1.78 bits per heavy atom. The van der Waals surface area contributed by atoms with E-state index in [4.69, 9.17) is 0 Å². The maximum Gasteiger partial charge on any atom is 0.228 e. The van der Waals surface area contributed by atoms with Gasteiger partial charge in [-0.15, -0.1) is 0 Å². The molecule has 1 N–H and O–H groups in total. The zero-order valence-electron chi connectivity index (χ0n) is 5.04. The van der Waals surface area contributed by atoms with Gasteiger partial charge in [-0.05, 0) is 13.0 Å². The summed E-state index contributed by atoms with van der Waals surface area (Å²) in [5.41, 5.74) is 0. The lowest BCUT2D eigenvalue weighted by atomic mass is 10.1. The summed E-state index contributed by atoms with van der Waals surface area (Å²) in [7, 11) is 0. The van der Waals surface area contributed by atoms with Crippen molar-refractivity contribution < 1.29 is 4.92 Å². The molecule has 4 heteroatoms. The fraction of sp³-hybridized carbons (Fsp3) is 0.800. The first kappa shape index (κ1) is 6.48. The van der Waals surface area contributed by atoms with Gasteiger partial charge in [0.25, 0.3) is 0 Å². The predicted octanol–water partition coefficient (Wildman–Crippen LogP) is -0.171. The van der Waals surface area contributed by atoms with E-state index in [1.54, 1.807) is 6.42 Å². The minimum absolute atomic E-state index is 0.258. The van der Waals surface area contributed by atoms with Crippen LogP contribution in [0.3, 0.4) is 0 Å². The number of nitro groups is 1. The zero-order valence-corrected chi connectivity index (χ0v) is 5.04. The lowest BCUT2D eigenvalue weighted by molar-refractivity contribution is -0.512. The standard InChI is InChI=1S/C5H9N2O2/c8-7(9)5-2-1-3-6-4-5/h2,5-6H,1,3-4H2. The molecule has 0 aromatic carbocycles.